The average molecular weight is 327 g/mol. The summed E-state index contributed by atoms with van der Waals surface area (Å²) in [5.74, 6) is -2.14. The molecule has 1 amide bonds. The number of amides is 1. The maximum absolute atomic E-state index is 12.0. The van der Waals surface area contributed by atoms with Crippen molar-refractivity contribution in [2.75, 3.05) is 5.32 Å². The van der Waals surface area contributed by atoms with E-state index in [0.717, 1.165) is 18.3 Å². The minimum absolute atomic E-state index is 0.0144. The van der Waals surface area contributed by atoms with E-state index in [2.05, 4.69) is 10.3 Å². The number of carbonyl (C=O) groups excluding carboxylic acids is 1. The zero-order valence-electron chi connectivity index (χ0n) is 10.3. The summed E-state index contributed by atoms with van der Waals surface area (Å²) in [6.07, 6.45) is 2.46. The van der Waals surface area contributed by atoms with Crippen LogP contribution in [0.2, 0.25) is 10.0 Å². The van der Waals surface area contributed by atoms with Crippen LogP contribution in [-0.2, 0) is 0 Å². The maximum Gasteiger partial charge on any atom is 0.335 e. The summed E-state index contributed by atoms with van der Waals surface area (Å²) in [6, 6.07) is 3.65. The first-order chi connectivity index (χ1) is 9.90. The molecule has 1 aromatic carbocycles. The Balaban J connectivity index is 2.34. The molecule has 1 heterocycles. The number of carboxylic acid groups (broad SMARTS) is 1. The molecule has 0 fully saturated rings. The van der Waals surface area contributed by atoms with Crippen LogP contribution >= 0.6 is 23.2 Å². The van der Waals surface area contributed by atoms with Crippen molar-refractivity contribution >= 4 is 40.8 Å². The molecule has 0 aliphatic rings. The number of benzene rings is 1. The third-order valence-electron chi connectivity index (χ3n) is 2.57. The molecule has 2 aromatic rings. The van der Waals surface area contributed by atoms with E-state index >= 15 is 0 Å². The molecule has 6 nitrogen and oxygen atoms in total. The quantitative estimate of drug-likeness (QED) is 0.804. The summed E-state index contributed by atoms with van der Waals surface area (Å²) < 4.78 is 0. The second-order valence-electron chi connectivity index (χ2n) is 3.97. The first-order valence-corrected chi connectivity index (χ1v) is 6.32. The number of rotatable bonds is 3. The molecule has 2 rings (SSSR count). The zero-order chi connectivity index (χ0) is 15.6. The van der Waals surface area contributed by atoms with Gasteiger partial charge in [-0.2, -0.15) is 0 Å². The number of pyridine rings is 1. The summed E-state index contributed by atoms with van der Waals surface area (Å²) >= 11 is 11.8. The monoisotopic (exact) mass is 326 g/mol. The fourth-order valence-corrected chi connectivity index (χ4v) is 2.16. The predicted octanol–water partition coefficient (Wildman–Crippen LogP) is 3.04. The van der Waals surface area contributed by atoms with Crippen LogP contribution in [0.5, 0.6) is 5.75 Å². The van der Waals surface area contributed by atoms with Gasteiger partial charge >= 0.3 is 5.97 Å². The number of carboxylic acids is 1. The van der Waals surface area contributed by atoms with E-state index in [0.29, 0.717) is 0 Å². The van der Waals surface area contributed by atoms with Crippen LogP contribution in [0.3, 0.4) is 0 Å². The van der Waals surface area contributed by atoms with Crippen LogP contribution in [0.4, 0.5) is 5.69 Å². The lowest BCUT2D eigenvalue weighted by atomic mass is 10.2. The Labute approximate surface area is 129 Å². The van der Waals surface area contributed by atoms with Crippen LogP contribution in [0, 0.1) is 0 Å². The molecular weight excluding hydrogens is 319 g/mol. The zero-order valence-corrected chi connectivity index (χ0v) is 11.8. The van der Waals surface area contributed by atoms with Crippen molar-refractivity contribution in [2.45, 2.75) is 0 Å². The van der Waals surface area contributed by atoms with Gasteiger partial charge in [0.1, 0.15) is 5.75 Å². The van der Waals surface area contributed by atoms with Gasteiger partial charge in [0.05, 0.1) is 33.1 Å². The van der Waals surface area contributed by atoms with E-state index in [4.69, 9.17) is 28.3 Å². The number of aromatic nitrogens is 1. The van der Waals surface area contributed by atoms with Gasteiger partial charge in [0.15, 0.2) is 0 Å². The van der Waals surface area contributed by atoms with Gasteiger partial charge in [0, 0.05) is 6.20 Å². The van der Waals surface area contributed by atoms with Gasteiger partial charge in [0.2, 0.25) is 0 Å². The van der Waals surface area contributed by atoms with Gasteiger partial charge in [-0.1, -0.05) is 23.2 Å². The van der Waals surface area contributed by atoms with Crippen LogP contribution < -0.4 is 5.32 Å². The Morgan fingerprint density at radius 1 is 1.19 bits per heavy atom. The minimum Gasteiger partial charge on any atom is -0.505 e. The van der Waals surface area contributed by atoms with Crippen LogP contribution in [0.15, 0.2) is 30.6 Å². The molecule has 0 saturated heterocycles. The van der Waals surface area contributed by atoms with Gasteiger partial charge in [-0.3, -0.25) is 9.78 Å². The second-order valence-corrected chi connectivity index (χ2v) is 4.78. The molecule has 0 atom stereocenters. The van der Waals surface area contributed by atoms with E-state index in [-0.39, 0.29) is 32.6 Å². The number of aromatic hydroxyl groups is 1. The number of carbonyl (C=O) groups is 2. The third kappa shape index (κ3) is 3.24. The maximum atomic E-state index is 12.0. The van der Waals surface area contributed by atoms with Crippen molar-refractivity contribution in [3.63, 3.8) is 0 Å². The fraction of sp³-hybridized carbons (Fsp3) is 0. The van der Waals surface area contributed by atoms with Crippen LogP contribution in [0.25, 0.3) is 0 Å². The summed E-state index contributed by atoms with van der Waals surface area (Å²) in [7, 11) is 0. The molecule has 0 spiro atoms. The smallest absolute Gasteiger partial charge is 0.335 e. The van der Waals surface area contributed by atoms with Crippen molar-refractivity contribution in [1.29, 1.82) is 0 Å². The van der Waals surface area contributed by atoms with Gasteiger partial charge in [-0.25, -0.2) is 4.79 Å². The van der Waals surface area contributed by atoms with E-state index in [1.165, 1.54) is 12.3 Å². The molecule has 21 heavy (non-hydrogen) atoms. The number of halogens is 2. The van der Waals surface area contributed by atoms with E-state index < -0.39 is 11.9 Å². The normalized spacial score (nSPS) is 10.2. The highest BCUT2D eigenvalue weighted by Gasteiger charge is 2.17. The summed E-state index contributed by atoms with van der Waals surface area (Å²) in [5, 5.41) is 20.8. The Bertz CT molecular complexity index is 711. The summed E-state index contributed by atoms with van der Waals surface area (Å²) in [4.78, 5) is 26.5. The molecule has 0 saturated carbocycles. The van der Waals surface area contributed by atoms with Gasteiger partial charge in [-0.15, -0.1) is 0 Å². The molecule has 1 aromatic heterocycles. The van der Waals surface area contributed by atoms with Crippen molar-refractivity contribution < 1.29 is 19.8 Å². The summed E-state index contributed by atoms with van der Waals surface area (Å²) in [6.45, 7) is 0. The number of nitrogens with zero attached hydrogens (tertiary/aromatic N) is 1. The number of aromatic carboxylic acids is 1. The second kappa shape index (κ2) is 5.99. The third-order valence-corrected chi connectivity index (χ3v) is 3.17. The Kier molecular flexibility index (Phi) is 4.30. The molecule has 0 radical (unpaired) electrons. The topological polar surface area (TPSA) is 99.5 Å². The van der Waals surface area contributed by atoms with Gasteiger partial charge in [0.25, 0.3) is 5.91 Å². The first-order valence-electron chi connectivity index (χ1n) is 5.57. The van der Waals surface area contributed by atoms with Crippen molar-refractivity contribution in [3.8, 4) is 5.75 Å². The Hall–Kier alpha value is -2.31. The molecule has 8 heteroatoms. The lowest BCUT2D eigenvalue weighted by Gasteiger charge is -2.11. The lowest BCUT2D eigenvalue weighted by molar-refractivity contribution is 0.0696. The predicted molar refractivity (Wildman–Crippen MR) is 77.3 cm³/mol. The van der Waals surface area contributed by atoms with Crippen molar-refractivity contribution in [3.05, 3.63) is 51.8 Å². The van der Waals surface area contributed by atoms with E-state index in [9.17, 15) is 14.7 Å². The molecule has 0 aliphatic heterocycles. The fourth-order valence-electron chi connectivity index (χ4n) is 1.58. The van der Waals surface area contributed by atoms with Crippen molar-refractivity contribution in [2.24, 2.45) is 0 Å². The largest absolute Gasteiger partial charge is 0.505 e. The van der Waals surface area contributed by atoms with Crippen LogP contribution in [-0.4, -0.2) is 27.1 Å². The Morgan fingerprint density at radius 2 is 1.81 bits per heavy atom. The molecule has 3 N–H and O–H groups in total. The van der Waals surface area contributed by atoms with Crippen LogP contribution in [0.1, 0.15) is 20.7 Å². The molecular formula is C13H8Cl2N2O4. The minimum atomic E-state index is -1.19. The first kappa shape index (κ1) is 15.1. The highest BCUT2D eigenvalue weighted by Crippen LogP contribution is 2.32. The van der Waals surface area contributed by atoms with Gasteiger partial charge in [-0.05, 0) is 18.2 Å². The van der Waals surface area contributed by atoms with E-state index in [1.54, 1.807) is 0 Å². The van der Waals surface area contributed by atoms with Crippen molar-refractivity contribution in [1.82, 2.24) is 4.98 Å². The SMILES string of the molecule is O=C(O)c1cc(Cl)c(NC(=O)c2ccncc2O)c(Cl)c1. The standard InChI is InChI=1S/C13H8Cl2N2O4/c14-8-3-6(13(20)21)4-9(15)11(8)17-12(19)7-1-2-16-5-10(7)18/h1-5,18H,(H,17,19)(H,20,21). The van der Waals surface area contributed by atoms with Gasteiger partial charge < -0.3 is 15.5 Å². The number of anilines is 1. The van der Waals surface area contributed by atoms with E-state index in [1.807, 2.05) is 0 Å². The number of hydrogen-bond acceptors (Lipinski definition) is 4. The number of nitrogens with one attached hydrogen (secondary N) is 1. The molecule has 0 unspecified atom stereocenters. The highest BCUT2D eigenvalue weighted by molar-refractivity contribution is 6.40. The molecule has 108 valence electrons. The number of hydrogen-bond donors (Lipinski definition) is 3. The molecule has 0 bridgehead atoms. The Morgan fingerprint density at radius 3 is 2.33 bits per heavy atom. The molecule has 0 aliphatic carbocycles. The highest BCUT2D eigenvalue weighted by atomic mass is 35.5. The average Bonchev–Trinajstić information content (AvgIpc) is 2.42. The lowest BCUT2D eigenvalue weighted by Crippen LogP contribution is -2.13. The summed E-state index contributed by atoms with van der Waals surface area (Å²) in [5.41, 5.74) is -0.0567.